The van der Waals surface area contributed by atoms with Crippen LogP contribution in [0.4, 0.5) is 10.1 Å². The average molecular weight is 560 g/mol. The summed E-state index contributed by atoms with van der Waals surface area (Å²) in [4.78, 5) is 31.8. The lowest BCUT2D eigenvalue weighted by Gasteiger charge is -2.08. The van der Waals surface area contributed by atoms with Crippen LogP contribution in [-0.2, 0) is 11.2 Å². The Morgan fingerprint density at radius 1 is 1.00 bits per heavy atom. The molecule has 0 saturated heterocycles. The van der Waals surface area contributed by atoms with Crippen molar-refractivity contribution >= 4 is 44.9 Å². The van der Waals surface area contributed by atoms with Gasteiger partial charge in [0.1, 0.15) is 22.4 Å². The smallest absolute Gasteiger partial charge is 0.228 e. The lowest BCUT2D eigenvalue weighted by Crippen LogP contribution is -2.14. The molecule has 0 aliphatic carbocycles. The quantitative estimate of drug-likeness (QED) is 0.205. The summed E-state index contributed by atoms with van der Waals surface area (Å²) in [5.74, 6) is -0.113. The summed E-state index contributed by atoms with van der Waals surface area (Å²) in [7, 11) is 0. The topological polar surface area (TPSA) is 112 Å². The maximum atomic E-state index is 15.3. The van der Waals surface area contributed by atoms with Crippen molar-refractivity contribution in [1.82, 2.24) is 30.1 Å². The van der Waals surface area contributed by atoms with Crippen molar-refractivity contribution in [1.29, 1.82) is 0 Å². The SMILES string of the molecule is Cc1ccc(-c2nccc3[nH]c(-c4[nH]nc5c(F)cc(-c6cncc(NC(=O)Cc7ccccc7)c6)cc45)nc23)s1. The number of H-pyrrole nitrogens is 2. The van der Waals surface area contributed by atoms with Crippen LogP contribution in [0.1, 0.15) is 10.4 Å². The number of imidazole rings is 1. The molecule has 8 nitrogen and oxygen atoms in total. The first-order valence-corrected chi connectivity index (χ1v) is 13.7. The lowest BCUT2D eigenvalue weighted by molar-refractivity contribution is -0.115. The third-order valence-corrected chi connectivity index (χ3v) is 7.79. The Morgan fingerprint density at radius 3 is 2.71 bits per heavy atom. The van der Waals surface area contributed by atoms with E-state index >= 15 is 4.39 Å². The summed E-state index contributed by atoms with van der Waals surface area (Å²) in [5, 5.41) is 10.6. The molecule has 0 bridgehead atoms. The number of hydrogen-bond donors (Lipinski definition) is 3. The zero-order valence-corrected chi connectivity index (χ0v) is 22.6. The van der Waals surface area contributed by atoms with Gasteiger partial charge in [-0.05, 0) is 54.4 Å². The Bertz CT molecular complexity index is 2060. The summed E-state index contributed by atoms with van der Waals surface area (Å²) in [6.07, 6.45) is 5.19. The third-order valence-electron chi connectivity index (χ3n) is 6.79. The number of benzene rings is 2. The highest BCUT2D eigenvalue weighted by atomic mass is 32.1. The number of halogens is 1. The molecular formula is C31H22FN7OS. The molecule has 0 aliphatic rings. The van der Waals surface area contributed by atoms with Gasteiger partial charge in [-0.25, -0.2) is 9.37 Å². The number of pyridine rings is 2. The maximum Gasteiger partial charge on any atom is 0.228 e. The van der Waals surface area contributed by atoms with Crippen LogP contribution in [0.3, 0.4) is 0 Å². The van der Waals surface area contributed by atoms with Crippen molar-refractivity contribution in [3.8, 4) is 33.2 Å². The number of aromatic amines is 2. The largest absolute Gasteiger partial charge is 0.337 e. The number of anilines is 1. The van der Waals surface area contributed by atoms with E-state index in [0.29, 0.717) is 33.7 Å². The van der Waals surface area contributed by atoms with E-state index in [0.717, 1.165) is 27.2 Å². The van der Waals surface area contributed by atoms with Gasteiger partial charge in [0.05, 0.1) is 28.7 Å². The summed E-state index contributed by atoms with van der Waals surface area (Å²) < 4.78 is 15.3. The predicted molar refractivity (Wildman–Crippen MR) is 159 cm³/mol. The third kappa shape index (κ3) is 4.74. The van der Waals surface area contributed by atoms with Crippen molar-refractivity contribution in [3.05, 3.63) is 102 Å². The first-order chi connectivity index (χ1) is 20.0. The fraction of sp³-hybridized carbons (Fsp3) is 0.0645. The number of amides is 1. The number of aromatic nitrogens is 6. The molecule has 3 N–H and O–H groups in total. The molecule has 0 aliphatic heterocycles. The molecule has 0 spiro atoms. The number of carbonyl (C=O) groups excluding carboxylic acids is 1. The zero-order valence-electron chi connectivity index (χ0n) is 21.8. The van der Waals surface area contributed by atoms with Gasteiger partial charge in [0.15, 0.2) is 11.6 Å². The monoisotopic (exact) mass is 559 g/mol. The second-order valence-corrected chi connectivity index (χ2v) is 11.0. The van der Waals surface area contributed by atoms with E-state index in [2.05, 4.69) is 43.5 Å². The van der Waals surface area contributed by atoms with Crippen molar-refractivity contribution < 1.29 is 9.18 Å². The molecule has 5 aromatic heterocycles. The van der Waals surface area contributed by atoms with E-state index in [1.54, 1.807) is 36.0 Å². The van der Waals surface area contributed by atoms with Crippen LogP contribution in [-0.4, -0.2) is 36.0 Å². The number of hydrogen-bond acceptors (Lipinski definition) is 6. The van der Waals surface area contributed by atoms with Gasteiger partial charge in [0.25, 0.3) is 0 Å². The summed E-state index contributed by atoms with van der Waals surface area (Å²) in [6.45, 7) is 2.05. The van der Waals surface area contributed by atoms with E-state index in [1.165, 1.54) is 10.9 Å². The fourth-order valence-corrected chi connectivity index (χ4v) is 5.74. The minimum Gasteiger partial charge on any atom is -0.337 e. The molecule has 0 fully saturated rings. The van der Waals surface area contributed by atoms with Crippen LogP contribution in [0.25, 0.3) is 55.2 Å². The number of fused-ring (bicyclic) bond motifs is 2. The highest BCUT2D eigenvalue weighted by Crippen LogP contribution is 2.35. The summed E-state index contributed by atoms with van der Waals surface area (Å²) >= 11 is 1.65. The van der Waals surface area contributed by atoms with Gasteiger partial charge in [0.2, 0.25) is 5.91 Å². The second kappa shape index (κ2) is 10.1. The molecule has 0 saturated carbocycles. The van der Waals surface area contributed by atoms with Gasteiger partial charge in [-0.3, -0.25) is 19.9 Å². The predicted octanol–water partition coefficient (Wildman–Crippen LogP) is 6.92. The van der Waals surface area contributed by atoms with Gasteiger partial charge < -0.3 is 10.3 Å². The summed E-state index contributed by atoms with van der Waals surface area (Å²) in [6, 6.07) is 20.5. The normalized spacial score (nSPS) is 11.4. The van der Waals surface area contributed by atoms with Crippen LogP contribution < -0.4 is 5.32 Å². The highest BCUT2D eigenvalue weighted by molar-refractivity contribution is 7.15. The van der Waals surface area contributed by atoms with Crippen LogP contribution in [0.15, 0.2) is 85.3 Å². The Hall–Kier alpha value is -5.22. The molecule has 1 amide bonds. The summed E-state index contributed by atoms with van der Waals surface area (Å²) in [5.41, 5.74) is 5.78. The highest BCUT2D eigenvalue weighted by Gasteiger charge is 2.19. The first kappa shape index (κ1) is 24.8. The molecule has 5 heterocycles. The van der Waals surface area contributed by atoms with E-state index < -0.39 is 5.82 Å². The molecule has 7 aromatic rings. The van der Waals surface area contributed by atoms with Gasteiger partial charge in [-0.15, -0.1) is 11.3 Å². The lowest BCUT2D eigenvalue weighted by atomic mass is 10.0. The van der Waals surface area contributed by atoms with Crippen LogP contribution in [0, 0.1) is 12.7 Å². The number of rotatable bonds is 6. The van der Waals surface area contributed by atoms with Crippen molar-refractivity contribution in [2.75, 3.05) is 5.32 Å². The first-order valence-electron chi connectivity index (χ1n) is 12.9. The number of nitrogens with one attached hydrogen (secondary N) is 3. The molecular weight excluding hydrogens is 537 g/mol. The Balaban J connectivity index is 1.24. The van der Waals surface area contributed by atoms with Gasteiger partial charge in [-0.2, -0.15) is 5.10 Å². The number of carbonyl (C=O) groups is 1. The van der Waals surface area contributed by atoms with E-state index in [-0.39, 0.29) is 17.8 Å². The molecule has 7 rings (SSSR count). The van der Waals surface area contributed by atoms with Crippen LogP contribution in [0.2, 0.25) is 0 Å². The van der Waals surface area contributed by atoms with Crippen molar-refractivity contribution in [2.24, 2.45) is 0 Å². The average Bonchev–Trinajstić information content (AvgIpc) is 3.71. The molecule has 200 valence electrons. The Labute approximate surface area is 237 Å². The second-order valence-electron chi connectivity index (χ2n) is 9.68. The van der Waals surface area contributed by atoms with E-state index in [4.69, 9.17) is 4.98 Å². The van der Waals surface area contributed by atoms with Gasteiger partial charge in [0, 0.05) is 28.2 Å². The molecule has 0 atom stereocenters. The number of aryl methyl sites for hydroxylation is 1. The Morgan fingerprint density at radius 2 is 1.88 bits per heavy atom. The molecule has 10 heteroatoms. The molecule has 41 heavy (non-hydrogen) atoms. The van der Waals surface area contributed by atoms with E-state index in [1.807, 2.05) is 48.5 Å². The number of thiophene rings is 1. The Kier molecular flexibility index (Phi) is 6.09. The minimum atomic E-state index is -0.481. The standard InChI is InChI=1S/C31H22FN7OS/c1-17-7-8-25(41-17)30-29-24(9-10-34-30)36-31(37-29)28-22-13-19(14-23(32)27(22)38-39-28)20-12-21(16-33-15-20)35-26(40)11-18-5-3-2-4-6-18/h2-10,12-16H,11H2,1H3,(H,35,40)(H,36,37)(H,38,39). The van der Waals surface area contributed by atoms with Crippen LogP contribution in [0.5, 0.6) is 0 Å². The zero-order chi connectivity index (χ0) is 27.9. The van der Waals surface area contributed by atoms with Crippen LogP contribution >= 0.6 is 11.3 Å². The fourth-order valence-electron chi connectivity index (χ4n) is 4.87. The van der Waals surface area contributed by atoms with Crippen molar-refractivity contribution in [2.45, 2.75) is 13.3 Å². The van der Waals surface area contributed by atoms with Gasteiger partial charge >= 0.3 is 0 Å². The van der Waals surface area contributed by atoms with E-state index in [9.17, 15) is 4.79 Å². The van der Waals surface area contributed by atoms with Crippen molar-refractivity contribution in [3.63, 3.8) is 0 Å². The van der Waals surface area contributed by atoms with Gasteiger partial charge in [-0.1, -0.05) is 30.3 Å². The molecule has 2 aromatic carbocycles. The maximum absolute atomic E-state index is 15.3. The molecule has 0 radical (unpaired) electrons. The molecule has 0 unspecified atom stereocenters. The number of nitrogens with zero attached hydrogens (tertiary/aromatic N) is 4. The minimum absolute atomic E-state index is 0.162.